The molecule has 0 aliphatic carbocycles. The maximum atomic E-state index is 12.9. The lowest BCUT2D eigenvalue weighted by atomic mass is 10.1. The smallest absolute Gasteiger partial charge is 0.255 e. The monoisotopic (exact) mass is 368 g/mol. The Morgan fingerprint density at radius 2 is 2.11 bits per heavy atom. The van der Waals surface area contributed by atoms with Crippen LogP contribution in [0.5, 0.6) is 0 Å². The summed E-state index contributed by atoms with van der Waals surface area (Å²) < 4.78 is 0. The van der Waals surface area contributed by atoms with Gasteiger partial charge in [0.25, 0.3) is 5.91 Å². The number of nitrogens with one attached hydrogen (secondary N) is 1. The highest BCUT2D eigenvalue weighted by molar-refractivity contribution is 6.04. The van der Waals surface area contributed by atoms with Crippen molar-refractivity contribution < 1.29 is 14.7 Å². The van der Waals surface area contributed by atoms with Crippen LogP contribution < -0.4 is 10.2 Å². The van der Waals surface area contributed by atoms with Crippen molar-refractivity contribution in [3.8, 4) is 0 Å². The Morgan fingerprint density at radius 1 is 1.37 bits per heavy atom. The number of nitrogens with zero attached hydrogens (tertiary/aromatic N) is 3. The number of benzene rings is 1. The van der Waals surface area contributed by atoms with Crippen molar-refractivity contribution >= 4 is 23.3 Å². The summed E-state index contributed by atoms with van der Waals surface area (Å²) in [6, 6.07) is 11.1. The molecule has 0 radical (unpaired) electrons. The molecule has 1 aliphatic rings. The van der Waals surface area contributed by atoms with E-state index in [2.05, 4.69) is 10.3 Å². The molecule has 0 spiro atoms. The van der Waals surface area contributed by atoms with Crippen LogP contribution in [0.15, 0.2) is 42.6 Å². The molecule has 1 atom stereocenters. The Morgan fingerprint density at radius 3 is 2.78 bits per heavy atom. The zero-order valence-corrected chi connectivity index (χ0v) is 15.6. The summed E-state index contributed by atoms with van der Waals surface area (Å²) in [7, 11) is 0. The van der Waals surface area contributed by atoms with Gasteiger partial charge in [-0.1, -0.05) is 30.3 Å². The lowest BCUT2D eigenvalue weighted by molar-refractivity contribution is -0.117. The van der Waals surface area contributed by atoms with Crippen LogP contribution in [0.1, 0.15) is 29.8 Å². The van der Waals surface area contributed by atoms with Crippen LogP contribution in [0, 0.1) is 0 Å². The van der Waals surface area contributed by atoms with E-state index in [0.29, 0.717) is 30.2 Å². The number of fused-ring (bicyclic) bond motifs is 1. The number of aliphatic hydroxyl groups is 1. The third kappa shape index (κ3) is 3.93. The van der Waals surface area contributed by atoms with Crippen molar-refractivity contribution in [1.82, 2.24) is 9.88 Å². The molecule has 2 aromatic rings. The predicted molar refractivity (Wildman–Crippen MR) is 104 cm³/mol. The highest BCUT2D eigenvalue weighted by atomic mass is 16.3. The zero-order valence-electron chi connectivity index (χ0n) is 15.6. The zero-order chi connectivity index (χ0) is 19.4. The molecule has 142 valence electrons. The maximum absolute atomic E-state index is 12.9. The minimum absolute atomic E-state index is 0.0752. The highest BCUT2D eigenvalue weighted by Gasteiger charge is 2.27. The van der Waals surface area contributed by atoms with Gasteiger partial charge in [-0.3, -0.25) is 9.59 Å². The minimum atomic E-state index is -0.293. The van der Waals surface area contributed by atoms with Crippen molar-refractivity contribution in [2.24, 2.45) is 0 Å². The van der Waals surface area contributed by atoms with Crippen LogP contribution in [0.2, 0.25) is 0 Å². The molecule has 0 bridgehead atoms. The van der Waals surface area contributed by atoms with Crippen molar-refractivity contribution in [3.63, 3.8) is 0 Å². The van der Waals surface area contributed by atoms with Crippen molar-refractivity contribution in [2.75, 3.05) is 29.9 Å². The van der Waals surface area contributed by atoms with Crippen LogP contribution in [0.3, 0.4) is 0 Å². The van der Waals surface area contributed by atoms with Gasteiger partial charge in [-0.15, -0.1) is 0 Å². The molecule has 7 heteroatoms. The summed E-state index contributed by atoms with van der Waals surface area (Å²) in [6.45, 7) is 4.60. The average Bonchev–Trinajstić information content (AvgIpc) is 2.70. The van der Waals surface area contributed by atoms with Crippen LogP contribution in [0.4, 0.5) is 11.5 Å². The molecule has 7 nitrogen and oxygen atoms in total. The van der Waals surface area contributed by atoms with E-state index < -0.39 is 0 Å². The van der Waals surface area contributed by atoms with Gasteiger partial charge in [-0.25, -0.2) is 4.98 Å². The van der Waals surface area contributed by atoms with Crippen LogP contribution in [0.25, 0.3) is 0 Å². The third-order valence-corrected chi connectivity index (χ3v) is 4.69. The molecule has 2 N–H and O–H groups in total. The maximum Gasteiger partial charge on any atom is 0.255 e. The second kappa shape index (κ2) is 8.18. The number of carbonyl (C=O) groups excluding carboxylic acids is 2. The van der Waals surface area contributed by atoms with Crippen LogP contribution in [-0.2, 0) is 11.3 Å². The molecule has 1 unspecified atom stereocenters. The average molecular weight is 368 g/mol. The molecule has 27 heavy (non-hydrogen) atoms. The van der Waals surface area contributed by atoms with E-state index in [1.54, 1.807) is 22.8 Å². The lowest BCUT2D eigenvalue weighted by Gasteiger charge is -2.31. The van der Waals surface area contributed by atoms with Crippen LogP contribution in [-0.4, -0.2) is 52.5 Å². The number of aromatic nitrogens is 1. The molecule has 0 saturated carbocycles. The van der Waals surface area contributed by atoms with E-state index in [-0.39, 0.29) is 31.0 Å². The number of aliphatic hydroxyl groups excluding tert-OH is 1. The molecule has 3 rings (SSSR count). The van der Waals surface area contributed by atoms with E-state index in [1.165, 1.54) is 6.20 Å². The van der Waals surface area contributed by atoms with Gasteiger partial charge in [0.15, 0.2) is 5.82 Å². The first-order valence-electron chi connectivity index (χ1n) is 9.05. The number of likely N-dealkylation sites (N-methyl/N-ethyl adjacent to an activating group) is 1. The summed E-state index contributed by atoms with van der Waals surface area (Å²) in [5, 5.41) is 12.4. The summed E-state index contributed by atoms with van der Waals surface area (Å²) in [4.78, 5) is 32.9. The molecule has 1 aromatic carbocycles. The normalized spacial score (nSPS) is 14.3. The number of amides is 2. The minimum Gasteiger partial charge on any atom is -0.394 e. The van der Waals surface area contributed by atoms with Gasteiger partial charge in [0.05, 0.1) is 37.0 Å². The van der Waals surface area contributed by atoms with Crippen molar-refractivity contribution in [1.29, 1.82) is 0 Å². The Kier molecular flexibility index (Phi) is 5.71. The van der Waals surface area contributed by atoms with Gasteiger partial charge in [-0.2, -0.15) is 0 Å². The Labute approximate surface area is 158 Å². The topological polar surface area (TPSA) is 85.8 Å². The molecule has 2 heterocycles. The third-order valence-electron chi connectivity index (χ3n) is 4.69. The largest absolute Gasteiger partial charge is 0.394 e. The van der Waals surface area contributed by atoms with Gasteiger partial charge in [0.1, 0.15) is 0 Å². The summed E-state index contributed by atoms with van der Waals surface area (Å²) in [5.41, 5.74) is 1.98. The summed E-state index contributed by atoms with van der Waals surface area (Å²) in [5.74, 6) is 0.293. The van der Waals surface area contributed by atoms with Crippen molar-refractivity contribution in [3.05, 3.63) is 53.7 Å². The van der Waals surface area contributed by atoms with E-state index in [9.17, 15) is 14.7 Å². The van der Waals surface area contributed by atoms with Gasteiger partial charge in [0.2, 0.25) is 5.91 Å². The number of hydrogen-bond acceptors (Lipinski definition) is 5. The van der Waals surface area contributed by atoms with Gasteiger partial charge < -0.3 is 20.2 Å². The fourth-order valence-corrected chi connectivity index (χ4v) is 3.16. The number of hydrogen-bond donors (Lipinski definition) is 2. The number of pyridine rings is 1. The van der Waals surface area contributed by atoms with E-state index in [1.807, 2.05) is 37.3 Å². The molecule has 1 aliphatic heterocycles. The fourth-order valence-electron chi connectivity index (χ4n) is 3.16. The molecular weight excluding hydrogens is 344 g/mol. The Bertz CT molecular complexity index is 825. The second-order valence-corrected chi connectivity index (χ2v) is 6.53. The first-order valence-corrected chi connectivity index (χ1v) is 9.05. The van der Waals surface area contributed by atoms with E-state index >= 15 is 0 Å². The first-order chi connectivity index (χ1) is 13.0. The molecule has 2 amide bonds. The quantitative estimate of drug-likeness (QED) is 0.813. The summed E-state index contributed by atoms with van der Waals surface area (Å²) in [6.07, 6.45) is 1.51. The molecule has 1 aromatic heterocycles. The number of carbonyl (C=O) groups is 2. The standard InChI is InChI=1S/C20H24N4O3/c1-3-23(14(2)13-25)20(27)16-9-17-19(21-10-16)22-11-18(26)24(17)12-15-7-5-4-6-8-15/h4-10,14,25H,3,11-13H2,1-2H3,(H,21,22). The highest BCUT2D eigenvalue weighted by Crippen LogP contribution is 2.30. The molecular formula is C20H24N4O3. The van der Waals surface area contributed by atoms with Crippen LogP contribution >= 0.6 is 0 Å². The first kappa shape index (κ1) is 18.8. The SMILES string of the molecule is CCN(C(=O)c1cnc2c(c1)N(Cc1ccccc1)C(=O)CN2)C(C)CO. The second-order valence-electron chi connectivity index (χ2n) is 6.53. The van der Waals surface area contributed by atoms with E-state index in [0.717, 1.165) is 5.56 Å². The van der Waals surface area contributed by atoms with E-state index in [4.69, 9.17) is 0 Å². The number of rotatable bonds is 6. The fraction of sp³-hybridized carbons (Fsp3) is 0.350. The lowest BCUT2D eigenvalue weighted by Crippen LogP contribution is -2.42. The van der Waals surface area contributed by atoms with Gasteiger partial charge in [-0.05, 0) is 25.5 Å². The Hall–Kier alpha value is -2.93. The predicted octanol–water partition coefficient (Wildman–Crippen LogP) is 1.88. The number of anilines is 2. The van der Waals surface area contributed by atoms with Crippen molar-refractivity contribution in [2.45, 2.75) is 26.4 Å². The van der Waals surface area contributed by atoms with Gasteiger partial charge >= 0.3 is 0 Å². The molecule has 0 fully saturated rings. The Balaban J connectivity index is 1.93. The summed E-state index contributed by atoms with van der Waals surface area (Å²) >= 11 is 0. The molecule has 0 saturated heterocycles. The van der Waals surface area contributed by atoms with Gasteiger partial charge in [0, 0.05) is 12.7 Å².